The van der Waals surface area contributed by atoms with E-state index in [1.807, 2.05) is 49.4 Å². The normalized spacial score (nSPS) is 15.0. The zero-order chi connectivity index (χ0) is 22.4. The van der Waals surface area contributed by atoms with Gasteiger partial charge in [-0.1, -0.05) is 12.1 Å². The highest BCUT2D eigenvalue weighted by Crippen LogP contribution is 2.35. The number of hydrogen-bond acceptors (Lipinski definition) is 6. The number of benzene rings is 2. The van der Waals surface area contributed by atoms with Crippen LogP contribution in [-0.4, -0.2) is 49.4 Å². The van der Waals surface area contributed by atoms with Gasteiger partial charge in [-0.25, -0.2) is 0 Å². The van der Waals surface area contributed by atoms with Crippen LogP contribution >= 0.6 is 11.8 Å². The smallest absolute Gasteiger partial charge is 0.293 e. The second-order valence-corrected chi connectivity index (χ2v) is 8.09. The van der Waals surface area contributed by atoms with Gasteiger partial charge in [0.2, 0.25) is 0 Å². The number of amides is 2. The third-order valence-electron chi connectivity index (χ3n) is 5.08. The predicted molar refractivity (Wildman–Crippen MR) is 126 cm³/mol. The van der Waals surface area contributed by atoms with Gasteiger partial charge in [0.05, 0.1) is 18.6 Å². The molecule has 0 radical (unpaired) electrons. The van der Waals surface area contributed by atoms with Crippen molar-refractivity contribution in [2.24, 2.45) is 0 Å². The van der Waals surface area contributed by atoms with Gasteiger partial charge in [-0.3, -0.25) is 14.5 Å². The maximum atomic E-state index is 12.8. The fourth-order valence-electron chi connectivity index (χ4n) is 3.40. The summed E-state index contributed by atoms with van der Waals surface area (Å²) in [5.41, 5.74) is 2.91. The molecular weight excluding hydrogens is 412 g/mol. The summed E-state index contributed by atoms with van der Waals surface area (Å²) in [4.78, 5) is 29.0. The Morgan fingerprint density at radius 3 is 2.55 bits per heavy atom. The summed E-state index contributed by atoms with van der Waals surface area (Å²) < 4.78 is 11.2. The van der Waals surface area contributed by atoms with E-state index in [1.54, 1.807) is 13.2 Å². The van der Waals surface area contributed by atoms with Crippen molar-refractivity contribution < 1.29 is 19.1 Å². The third-order valence-corrected chi connectivity index (χ3v) is 5.99. The van der Waals surface area contributed by atoms with E-state index < -0.39 is 0 Å². The van der Waals surface area contributed by atoms with Gasteiger partial charge in [-0.15, -0.1) is 0 Å². The summed E-state index contributed by atoms with van der Waals surface area (Å²) in [6.07, 6.45) is 1.72. The second kappa shape index (κ2) is 10.4. The highest BCUT2D eigenvalue weighted by Gasteiger charge is 2.35. The van der Waals surface area contributed by atoms with Crippen LogP contribution in [0.1, 0.15) is 25.0 Å². The minimum absolute atomic E-state index is 0.202. The van der Waals surface area contributed by atoms with E-state index in [4.69, 9.17) is 9.47 Å². The molecule has 2 aromatic carbocycles. The minimum Gasteiger partial charge on any atom is -0.496 e. The van der Waals surface area contributed by atoms with E-state index in [0.29, 0.717) is 10.7 Å². The van der Waals surface area contributed by atoms with Crippen LogP contribution in [0.4, 0.5) is 10.5 Å². The van der Waals surface area contributed by atoms with Crippen molar-refractivity contribution in [3.05, 3.63) is 58.5 Å². The van der Waals surface area contributed by atoms with Crippen molar-refractivity contribution in [2.45, 2.75) is 20.8 Å². The molecule has 0 aromatic heterocycles. The first-order chi connectivity index (χ1) is 15.0. The maximum absolute atomic E-state index is 12.8. The molecule has 6 nitrogen and oxygen atoms in total. The van der Waals surface area contributed by atoms with Crippen LogP contribution in [-0.2, 0) is 4.79 Å². The quantitative estimate of drug-likeness (QED) is 0.514. The zero-order valence-electron chi connectivity index (χ0n) is 18.4. The lowest BCUT2D eigenvalue weighted by Crippen LogP contribution is -2.32. The monoisotopic (exact) mass is 440 g/mol. The van der Waals surface area contributed by atoms with Crippen LogP contribution in [0.2, 0.25) is 0 Å². The molecule has 1 aliphatic rings. The number of ether oxygens (including phenoxy) is 2. The Morgan fingerprint density at radius 2 is 1.87 bits per heavy atom. The molecule has 1 heterocycles. The number of hydrogen-bond donors (Lipinski definition) is 0. The molecule has 1 aliphatic heterocycles. The number of methoxy groups -OCH3 is 1. The fourth-order valence-corrected chi connectivity index (χ4v) is 4.25. The second-order valence-electron chi connectivity index (χ2n) is 7.10. The first-order valence-electron chi connectivity index (χ1n) is 10.3. The fraction of sp³-hybridized carbons (Fsp3) is 0.333. The summed E-state index contributed by atoms with van der Waals surface area (Å²) in [5.74, 6) is 1.08. The standard InChI is InChI=1S/C24H28N2O4S/c1-5-25(6-2)19-11-10-18(21(16-19)29-4)15-22-23(27)26(24(28)31-22)12-13-30-20-9-7-8-17(3)14-20/h7-11,14-16H,5-6,12-13H2,1-4H3/b22-15-. The van der Waals surface area contributed by atoms with Crippen LogP contribution in [0.5, 0.6) is 11.5 Å². The van der Waals surface area contributed by atoms with Crippen molar-refractivity contribution in [3.63, 3.8) is 0 Å². The van der Waals surface area contributed by atoms with Gasteiger partial charge in [0.15, 0.2) is 0 Å². The average molecular weight is 441 g/mol. The first kappa shape index (κ1) is 22.7. The average Bonchev–Trinajstić information content (AvgIpc) is 3.03. The molecule has 0 spiro atoms. The minimum atomic E-state index is -0.308. The van der Waals surface area contributed by atoms with E-state index in [9.17, 15) is 9.59 Å². The maximum Gasteiger partial charge on any atom is 0.293 e. The van der Waals surface area contributed by atoms with E-state index in [1.165, 1.54) is 4.90 Å². The van der Waals surface area contributed by atoms with Crippen LogP contribution in [0, 0.1) is 6.92 Å². The Morgan fingerprint density at radius 1 is 1.10 bits per heavy atom. The van der Waals surface area contributed by atoms with Crippen molar-refractivity contribution in [2.75, 3.05) is 38.3 Å². The molecular formula is C24H28N2O4S. The van der Waals surface area contributed by atoms with Gasteiger partial charge in [-0.05, 0) is 68.4 Å². The molecule has 0 aliphatic carbocycles. The van der Waals surface area contributed by atoms with Gasteiger partial charge in [0.25, 0.3) is 11.1 Å². The first-order valence-corrected chi connectivity index (χ1v) is 11.2. The van der Waals surface area contributed by atoms with Crippen LogP contribution in [0.15, 0.2) is 47.4 Å². The molecule has 0 unspecified atom stereocenters. The molecule has 1 saturated heterocycles. The zero-order valence-corrected chi connectivity index (χ0v) is 19.2. The van der Waals surface area contributed by atoms with Crippen molar-refractivity contribution in [1.29, 1.82) is 0 Å². The number of thioether (sulfide) groups is 1. The van der Waals surface area contributed by atoms with Gasteiger partial charge >= 0.3 is 0 Å². The van der Waals surface area contributed by atoms with Crippen LogP contribution in [0.3, 0.4) is 0 Å². The molecule has 3 rings (SSSR count). The molecule has 0 atom stereocenters. The highest BCUT2D eigenvalue weighted by molar-refractivity contribution is 8.18. The summed E-state index contributed by atoms with van der Waals surface area (Å²) >= 11 is 0.941. The molecule has 0 bridgehead atoms. The molecule has 2 aromatic rings. The predicted octanol–water partition coefficient (Wildman–Crippen LogP) is 4.97. The van der Waals surface area contributed by atoms with Crippen LogP contribution < -0.4 is 14.4 Å². The van der Waals surface area contributed by atoms with E-state index in [2.05, 4.69) is 18.7 Å². The van der Waals surface area contributed by atoms with Crippen molar-refractivity contribution in [1.82, 2.24) is 4.90 Å². The SMILES string of the molecule is CCN(CC)c1ccc(/C=C2\SC(=O)N(CCOc3cccc(C)c3)C2=O)c(OC)c1. The largest absolute Gasteiger partial charge is 0.496 e. The summed E-state index contributed by atoms with van der Waals surface area (Å²) in [7, 11) is 1.60. The number of rotatable bonds is 9. The van der Waals surface area contributed by atoms with E-state index in [-0.39, 0.29) is 24.3 Å². The Bertz CT molecular complexity index is 985. The van der Waals surface area contributed by atoms with Crippen LogP contribution in [0.25, 0.3) is 6.08 Å². The molecule has 164 valence electrons. The molecule has 2 amide bonds. The van der Waals surface area contributed by atoms with Crippen molar-refractivity contribution >= 4 is 34.7 Å². The van der Waals surface area contributed by atoms with E-state index in [0.717, 1.165) is 47.4 Å². The highest BCUT2D eigenvalue weighted by atomic mass is 32.2. The topological polar surface area (TPSA) is 59.1 Å². The van der Waals surface area contributed by atoms with Crippen molar-refractivity contribution in [3.8, 4) is 11.5 Å². The van der Waals surface area contributed by atoms with E-state index >= 15 is 0 Å². The number of anilines is 1. The third kappa shape index (κ3) is 5.41. The lowest BCUT2D eigenvalue weighted by molar-refractivity contribution is -0.123. The van der Waals surface area contributed by atoms with Gasteiger partial charge in [-0.2, -0.15) is 0 Å². The number of carbonyl (C=O) groups is 2. The molecule has 7 heteroatoms. The molecule has 1 fully saturated rings. The summed E-state index contributed by atoms with van der Waals surface area (Å²) in [6, 6.07) is 13.5. The Hall–Kier alpha value is -2.93. The van der Waals surface area contributed by atoms with Gasteiger partial charge in [0.1, 0.15) is 18.1 Å². The number of carbonyl (C=O) groups excluding carboxylic acids is 2. The molecule has 31 heavy (non-hydrogen) atoms. The lowest BCUT2D eigenvalue weighted by atomic mass is 10.1. The Balaban J connectivity index is 1.70. The summed E-state index contributed by atoms with van der Waals surface area (Å²) in [5, 5.41) is -0.289. The lowest BCUT2D eigenvalue weighted by Gasteiger charge is -2.22. The Labute approximate surface area is 187 Å². The number of nitrogens with zero attached hydrogens (tertiary/aromatic N) is 2. The number of imide groups is 1. The molecule has 0 N–H and O–H groups in total. The van der Waals surface area contributed by atoms with Gasteiger partial charge in [0, 0.05) is 30.4 Å². The number of aryl methyl sites for hydroxylation is 1. The Kier molecular flexibility index (Phi) is 7.63. The van der Waals surface area contributed by atoms with Gasteiger partial charge < -0.3 is 14.4 Å². The summed E-state index contributed by atoms with van der Waals surface area (Å²) in [6.45, 7) is 8.41. The molecule has 0 saturated carbocycles.